The first-order valence-electron chi connectivity index (χ1n) is 7.84. The Morgan fingerprint density at radius 3 is 2.67 bits per heavy atom. The van der Waals surface area contributed by atoms with E-state index < -0.39 is 5.82 Å². The highest BCUT2D eigenvalue weighted by Crippen LogP contribution is 2.27. The first-order chi connectivity index (χ1) is 11.7. The number of halogens is 1. The van der Waals surface area contributed by atoms with Crippen LogP contribution in [0.25, 0.3) is 0 Å². The van der Waals surface area contributed by atoms with Crippen LogP contribution in [0.2, 0.25) is 0 Å². The topological polar surface area (TPSA) is 67.3 Å². The van der Waals surface area contributed by atoms with Gasteiger partial charge in [0.25, 0.3) is 0 Å². The molecule has 0 radical (unpaired) electrons. The third-order valence-electron chi connectivity index (χ3n) is 4.12. The highest BCUT2D eigenvalue weighted by molar-refractivity contribution is 5.94. The van der Waals surface area contributed by atoms with Gasteiger partial charge < -0.3 is 15.0 Å². The number of carbonyl (C=O) groups excluding carboxylic acids is 1. The van der Waals surface area contributed by atoms with Gasteiger partial charge in [-0.2, -0.15) is 0 Å². The molecule has 1 saturated heterocycles. The summed E-state index contributed by atoms with van der Waals surface area (Å²) in [6.07, 6.45) is 4.85. The van der Waals surface area contributed by atoms with Crippen LogP contribution in [0.5, 0.6) is 5.75 Å². The molecule has 7 heteroatoms. The molecule has 1 aliphatic heterocycles. The fourth-order valence-corrected chi connectivity index (χ4v) is 2.80. The number of benzene rings is 1. The van der Waals surface area contributed by atoms with Crippen molar-refractivity contribution in [3.05, 3.63) is 42.5 Å². The minimum atomic E-state index is -0.402. The van der Waals surface area contributed by atoms with Gasteiger partial charge >= 0.3 is 0 Å². The van der Waals surface area contributed by atoms with E-state index in [-0.39, 0.29) is 11.8 Å². The average Bonchev–Trinajstić information content (AvgIpc) is 2.64. The number of piperidine rings is 1. The molecule has 2 aromatic rings. The number of ether oxygens (including phenoxy) is 1. The van der Waals surface area contributed by atoms with Gasteiger partial charge in [-0.3, -0.25) is 4.79 Å². The van der Waals surface area contributed by atoms with Crippen LogP contribution in [0.3, 0.4) is 0 Å². The van der Waals surface area contributed by atoms with Crippen LogP contribution in [-0.2, 0) is 4.79 Å². The molecule has 0 unspecified atom stereocenters. The maximum atomic E-state index is 13.2. The van der Waals surface area contributed by atoms with E-state index in [1.807, 2.05) is 0 Å². The van der Waals surface area contributed by atoms with Crippen molar-refractivity contribution >= 4 is 17.5 Å². The molecule has 1 N–H and O–H groups in total. The second-order valence-corrected chi connectivity index (χ2v) is 5.64. The number of aromatic nitrogens is 2. The molecule has 1 amide bonds. The minimum Gasteiger partial charge on any atom is -0.494 e. The quantitative estimate of drug-likeness (QED) is 0.933. The molecule has 1 aromatic heterocycles. The van der Waals surface area contributed by atoms with Crippen LogP contribution in [0.15, 0.2) is 36.7 Å². The second-order valence-electron chi connectivity index (χ2n) is 5.64. The summed E-state index contributed by atoms with van der Waals surface area (Å²) in [4.78, 5) is 23.0. The minimum absolute atomic E-state index is 0.0754. The molecule has 126 valence electrons. The van der Waals surface area contributed by atoms with Gasteiger partial charge in [-0.05, 0) is 31.0 Å². The molecule has 2 heterocycles. The normalized spacial score (nSPS) is 15.2. The Morgan fingerprint density at radius 1 is 1.29 bits per heavy atom. The van der Waals surface area contributed by atoms with E-state index in [2.05, 4.69) is 20.2 Å². The number of anilines is 2. The fourth-order valence-electron chi connectivity index (χ4n) is 2.80. The van der Waals surface area contributed by atoms with Crippen molar-refractivity contribution in [1.82, 2.24) is 9.97 Å². The van der Waals surface area contributed by atoms with Crippen LogP contribution < -0.4 is 15.0 Å². The highest BCUT2D eigenvalue weighted by Gasteiger charge is 2.26. The predicted octanol–water partition coefficient (Wildman–Crippen LogP) is 2.48. The van der Waals surface area contributed by atoms with Crippen molar-refractivity contribution in [2.24, 2.45) is 5.92 Å². The molecule has 1 aliphatic rings. The number of hydrogen-bond acceptors (Lipinski definition) is 5. The van der Waals surface area contributed by atoms with Crippen LogP contribution >= 0.6 is 0 Å². The molecule has 0 bridgehead atoms. The maximum absolute atomic E-state index is 13.2. The van der Waals surface area contributed by atoms with Gasteiger partial charge in [-0.25, -0.2) is 14.4 Å². The van der Waals surface area contributed by atoms with Crippen molar-refractivity contribution in [3.63, 3.8) is 0 Å². The number of nitrogens with one attached hydrogen (secondary N) is 1. The predicted molar refractivity (Wildman–Crippen MR) is 88.6 cm³/mol. The molecule has 0 spiro atoms. The van der Waals surface area contributed by atoms with Crippen LogP contribution in [0.1, 0.15) is 12.8 Å². The fraction of sp³-hybridized carbons (Fsp3) is 0.353. The number of hydrogen-bond donors (Lipinski definition) is 1. The molecular formula is C17H19FN4O2. The molecule has 1 fully saturated rings. The molecular weight excluding hydrogens is 311 g/mol. The zero-order chi connectivity index (χ0) is 16.9. The van der Waals surface area contributed by atoms with Gasteiger partial charge in [0.15, 0.2) is 0 Å². The van der Waals surface area contributed by atoms with E-state index in [9.17, 15) is 9.18 Å². The van der Waals surface area contributed by atoms with Crippen LogP contribution in [-0.4, -0.2) is 36.1 Å². The summed E-state index contributed by atoms with van der Waals surface area (Å²) in [5.74, 6) is 0.435. The number of nitrogens with zero attached hydrogens (tertiary/aromatic N) is 3. The lowest BCUT2D eigenvalue weighted by Crippen LogP contribution is -2.39. The molecule has 0 aliphatic carbocycles. The Hall–Kier alpha value is -2.70. The number of amides is 1. The first kappa shape index (κ1) is 16.2. The Morgan fingerprint density at radius 2 is 2.00 bits per heavy atom. The van der Waals surface area contributed by atoms with E-state index >= 15 is 0 Å². The third-order valence-corrected chi connectivity index (χ3v) is 4.12. The Kier molecular flexibility index (Phi) is 4.88. The molecule has 0 atom stereocenters. The van der Waals surface area contributed by atoms with Gasteiger partial charge in [-0.15, -0.1) is 0 Å². The summed E-state index contributed by atoms with van der Waals surface area (Å²) < 4.78 is 18.3. The third kappa shape index (κ3) is 3.61. The zero-order valence-electron chi connectivity index (χ0n) is 13.4. The van der Waals surface area contributed by atoms with E-state index in [1.54, 1.807) is 18.5 Å². The number of rotatable bonds is 4. The van der Waals surface area contributed by atoms with E-state index in [0.717, 1.165) is 13.1 Å². The average molecular weight is 330 g/mol. The van der Waals surface area contributed by atoms with Crippen molar-refractivity contribution in [3.8, 4) is 5.75 Å². The molecule has 6 nitrogen and oxygen atoms in total. The van der Waals surface area contributed by atoms with Crippen LogP contribution in [0, 0.1) is 11.7 Å². The van der Waals surface area contributed by atoms with Crippen LogP contribution in [0.4, 0.5) is 16.0 Å². The van der Waals surface area contributed by atoms with Crippen molar-refractivity contribution in [1.29, 1.82) is 0 Å². The van der Waals surface area contributed by atoms with Crippen molar-refractivity contribution in [2.75, 3.05) is 30.4 Å². The van der Waals surface area contributed by atoms with E-state index in [0.29, 0.717) is 30.2 Å². The smallest absolute Gasteiger partial charge is 0.227 e. The highest BCUT2D eigenvalue weighted by atomic mass is 19.1. The molecule has 24 heavy (non-hydrogen) atoms. The standard InChI is InChI=1S/C17H19FN4O2/c1-24-15-11-13(18)3-4-14(15)21-16(23)12-5-9-22(10-6-12)17-19-7-2-8-20-17/h2-4,7-8,11-12H,5-6,9-10H2,1H3,(H,21,23). The summed E-state index contributed by atoms with van der Waals surface area (Å²) in [5.41, 5.74) is 0.484. The Bertz CT molecular complexity index is 703. The van der Waals surface area contributed by atoms with Gasteiger partial charge in [0.1, 0.15) is 11.6 Å². The summed E-state index contributed by atoms with van der Waals surface area (Å²) in [6, 6.07) is 5.84. The lowest BCUT2D eigenvalue weighted by Gasteiger charge is -2.31. The van der Waals surface area contributed by atoms with Gasteiger partial charge in [0.05, 0.1) is 12.8 Å². The Balaban J connectivity index is 1.60. The SMILES string of the molecule is COc1cc(F)ccc1NC(=O)C1CCN(c2ncccn2)CC1. The second kappa shape index (κ2) is 7.25. The first-order valence-corrected chi connectivity index (χ1v) is 7.84. The lowest BCUT2D eigenvalue weighted by molar-refractivity contribution is -0.120. The molecule has 3 rings (SSSR count). The largest absolute Gasteiger partial charge is 0.494 e. The number of carbonyl (C=O) groups is 1. The summed E-state index contributed by atoms with van der Waals surface area (Å²) >= 11 is 0. The van der Waals surface area contributed by atoms with Crippen molar-refractivity contribution in [2.45, 2.75) is 12.8 Å². The lowest BCUT2D eigenvalue weighted by atomic mass is 9.96. The van der Waals surface area contributed by atoms with E-state index in [1.165, 1.54) is 25.3 Å². The molecule has 1 aromatic carbocycles. The zero-order valence-corrected chi connectivity index (χ0v) is 13.4. The summed E-state index contributed by atoms with van der Waals surface area (Å²) in [5, 5.41) is 2.83. The maximum Gasteiger partial charge on any atom is 0.227 e. The van der Waals surface area contributed by atoms with E-state index in [4.69, 9.17) is 4.74 Å². The molecule has 0 saturated carbocycles. The van der Waals surface area contributed by atoms with Gasteiger partial charge in [0.2, 0.25) is 11.9 Å². The van der Waals surface area contributed by atoms with Gasteiger partial charge in [-0.1, -0.05) is 0 Å². The number of methoxy groups -OCH3 is 1. The summed E-state index contributed by atoms with van der Waals surface area (Å²) in [6.45, 7) is 1.45. The Labute approximate surface area is 139 Å². The summed E-state index contributed by atoms with van der Waals surface area (Å²) in [7, 11) is 1.45. The van der Waals surface area contributed by atoms with Crippen molar-refractivity contribution < 1.29 is 13.9 Å². The van der Waals surface area contributed by atoms with Gasteiger partial charge in [0, 0.05) is 37.5 Å². The monoisotopic (exact) mass is 330 g/mol.